The summed E-state index contributed by atoms with van der Waals surface area (Å²) in [5.41, 5.74) is -0.514. The molecule has 5 atom stereocenters. The number of amides is 3. The van der Waals surface area contributed by atoms with E-state index in [1.165, 1.54) is 6.42 Å². The fraction of sp³-hybridized carbons (Fsp3) is 0.621. The van der Waals surface area contributed by atoms with E-state index < -0.39 is 29.6 Å². The van der Waals surface area contributed by atoms with Crippen molar-refractivity contribution in [2.75, 3.05) is 19.0 Å². The predicted molar refractivity (Wildman–Crippen MR) is 140 cm³/mol. The summed E-state index contributed by atoms with van der Waals surface area (Å²) in [5, 5.41) is 6.19. The summed E-state index contributed by atoms with van der Waals surface area (Å²) in [6.07, 6.45) is 12.5. The van der Waals surface area contributed by atoms with Crippen molar-refractivity contribution in [3.63, 3.8) is 0 Å². The second-order valence-corrected chi connectivity index (χ2v) is 10.9. The van der Waals surface area contributed by atoms with E-state index in [0.717, 1.165) is 51.4 Å². The Morgan fingerprint density at radius 3 is 2.70 bits per heavy atom. The van der Waals surface area contributed by atoms with Crippen LogP contribution in [-0.2, 0) is 19.1 Å². The maximum Gasteiger partial charge on any atom is 0.246 e. The number of nitrogens with zero attached hydrogens (tertiary/aromatic N) is 1. The summed E-state index contributed by atoms with van der Waals surface area (Å²) in [5.74, 6) is -1.37. The van der Waals surface area contributed by atoms with Gasteiger partial charge in [0.05, 0.1) is 25.0 Å². The van der Waals surface area contributed by atoms with Crippen LogP contribution in [0.2, 0.25) is 0 Å². The van der Waals surface area contributed by atoms with Gasteiger partial charge in [-0.3, -0.25) is 14.4 Å². The van der Waals surface area contributed by atoms with Crippen molar-refractivity contribution in [3.05, 3.63) is 36.4 Å². The number of methoxy groups -OCH3 is 1. The van der Waals surface area contributed by atoms with Crippen LogP contribution in [0.1, 0.15) is 64.7 Å². The van der Waals surface area contributed by atoms with Gasteiger partial charge in [-0.05, 0) is 31.4 Å². The smallest absolute Gasteiger partial charge is 0.246 e. The molecule has 8 nitrogen and oxygen atoms in total. The normalized spacial score (nSPS) is 30.4. The van der Waals surface area contributed by atoms with Crippen LogP contribution in [0.25, 0.3) is 0 Å². The molecule has 4 aliphatic rings. The van der Waals surface area contributed by atoms with Crippen LogP contribution in [0.3, 0.4) is 0 Å². The number of ether oxygens (including phenoxy) is 2. The SMILES string of the molecule is CCCCCCN1C(=O)C2C(C(=O)Nc3cccc(OC)c3)C3C=CC2(O3)C1C(=O)NC1CCCCC1. The minimum Gasteiger partial charge on any atom is -0.497 e. The lowest BCUT2D eigenvalue weighted by molar-refractivity contribution is -0.141. The molecule has 1 spiro atoms. The third-order valence-electron chi connectivity index (χ3n) is 8.47. The largest absolute Gasteiger partial charge is 0.497 e. The molecule has 2 bridgehead atoms. The van der Waals surface area contributed by atoms with E-state index in [1.807, 2.05) is 12.2 Å². The zero-order valence-corrected chi connectivity index (χ0v) is 21.9. The molecule has 8 heteroatoms. The molecule has 1 aliphatic carbocycles. The van der Waals surface area contributed by atoms with Gasteiger partial charge in [0.15, 0.2) is 0 Å². The number of carbonyl (C=O) groups excluding carboxylic acids is 3. The van der Waals surface area contributed by atoms with Gasteiger partial charge in [-0.1, -0.05) is 63.7 Å². The molecule has 3 aliphatic heterocycles. The third-order valence-corrected chi connectivity index (χ3v) is 8.47. The Morgan fingerprint density at radius 2 is 1.95 bits per heavy atom. The highest BCUT2D eigenvalue weighted by molar-refractivity contribution is 6.02. The zero-order chi connectivity index (χ0) is 26.0. The molecule has 1 aromatic rings. The average Bonchev–Trinajstić information content (AvgIpc) is 3.54. The molecule has 1 aromatic carbocycles. The summed E-state index contributed by atoms with van der Waals surface area (Å²) in [6.45, 7) is 2.64. The number of unbranched alkanes of at least 4 members (excludes halogenated alkanes) is 3. The van der Waals surface area contributed by atoms with Crippen molar-refractivity contribution in [1.29, 1.82) is 0 Å². The Labute approximate surface area is 219 Å². The van der Waals surface area contributed by atoms with Crippen LogP contribution < -0.4 is 15.4 Å². The summed E-state index contributed by atoms with van der Waals surface area (Å²) < 4.78 is 11.7. The van der Waals surface area contributed by atoms with Gasteiger partial charge in [-0.25, -0.2) is 0 Å². The third kappa shape index (κ3) is 4.76. The summed E-state index contributed by atoms with van der Waals surface area (Å²) in [6, 6.07) is 6.51. The zero-order valence-electron chi connectivity index (χ0n) is 21.9. The molecular weight excluding hydrogens is 470 g/mol. The van der Waals surface area contributed by atoms with Gasteiger partial charge in [0, 0.05) is 24.3 Å². The number of fused-ring (bicyclic) bond motifs is 1. The minimum absolute atomic E-state index is 0.128. The van der Waals surface area contributed by atoms with Crippen molar-refractivity contribution in [2.45, 2.75) is 88.5 Å². The number of likely N-dealkylation sites (tertiary alicyclic amines) is 1. The van der Waals surface area contributed by atoms with Gasteiger partial charge in [-0.2, -0.15) is 0 Å². The maximum atomic E-state index is 13.9. The Balaban J connectivity index is 1.40. The van der Waals surface area contributed by atoms with E-state index in [4.69, 9.17) is 9.47 Å². The van der Waals surface area contributed by atoms with Gasteiger partial charge in [0.1, 0.15) is 17.4 Å². The van der Waals surface area contributed by atoms with E-state index in [9.17, 15) is 14.4 Å². The van der Waals surface area contributed by atoms with Crippen LogP contribution in [0.4, 0.5) is 5.69 Å². The number of hydrogen-bond acceptors (Lipinski definition) is 5. The molecule has 1 saturated carbocycles. The van der Waals surface area contributed by atoms with Crippen LogP contribution in [0, 0.1) is 11.8 Å². The van der Waals surface area contributed by atoms with E-state index in [-0.39, 0.29) is 23.8 Å². The molecule has 0 aromatic heterocycles. The molecule has 5 unspecified atom stereocenters. The molecule has 2 N–H and O–H groups in total. The van der Waals surface area contributed by atoms with Gasteiger partial charge in [-0.15, -0.1) is 0 Å². The van der Waals surface area contributed by atoms with Crippen LogP contribution >= 0.6 is 0 Å². The number of hydrogen-bond donors (Lipinski definition) is 2. The van der Waals surface area contributed by atoms with Crippen molar-refractivity contribution < 1.29 is 23.9 Å². The minimum atomic E-state index is -1.11. The van der Waals surface area contributed by atoms with Gasteiger partial charge < -0.3 is 25.0 Å². The lowest BCUT2D eigenvalue weighted by atomic mass is 9.74. The number of nitrogens with one attached hydrogen (secondary N) is 2. The summed E-state index contributed by atoms with van der Waals surface area (Å²) in [7, 11) is 1.57. The molecule has 3 amide bonds. The highest BCUT2D eigenvalue weighted by atomic mass is 16.5. The number of rotatable bonds is 10. The Bertz CT molecular complexity index is 1050. The standard InChI is InChI=1S/C29H39N3O5/c1-3-4-5-9-17-32-25(27(34)30-19-11-7-6-8-12-19)29-16-15-22(37-29)23(24(29)28(32)35)26(33)31-20-13-10-14-21(18-20)36-2/h10,13-16,18-19,22-25H,3-9,11-12,17H2,1-2H3,(H,30,34)(H,31,33). The first-order chi connectivity index (χ1) is 18.0. The Morgan fingerprint density at radius 1 is 1.14 bits per heavy atom. The van der Waals surface area contributed by atoms with Crippen LogP contribution in [0.15, 0.2) is 36.4 Å². The lowest BCUT2D eigenvalue weighted by Gasteiger charge is -2.34. The van der Waals surface area contributed by atoms with Gasteiger partial charge in [0.2, 0.25) is 17.7 Å². The van der Waals surface area contributed by atoms with Crippen molar-refractivity contribution in [2.24, 2.45) is 11.8 Å². The quantitative estimate of drug-likeness (QED) is 0.369. The monoisotopic (exact) mass is 509 g/mol. The van der Waals surface area contributed by atoms with Gasteiger partial charge >= 0.3 is 0 Å². The first-order valence-electron chi connectivity index (χ1n) is 13.9. The maximum absolute atomic E-state index is 13.9. The second kappa shape index (κ2) is 10.9. The highest BCUT2D eigenvalue weighted by Gasteiger charge is 2.72. The number of anilines is 1. The Hall–Kier alpha value is -2.87. The first kappa shape index (κ1) is 25.8. The molecule has 0 radical (unpaired) electrons. The lowest BCUT2D eigenvalue weighted by Crippen LogP contribution is -2.56. The molecule has 2 saturated heterocycles. The van der Waals surface area contributed by atoms with Crippen molar-refractivity contribution in [1.82, 2.24) is 10.2 Å². The first-order valence-corrected chi connectivity index (χ1v) is 13.9. The highest BCUT2D eigenvalue weighted by Crippen LogP contribution is 2.55. The van der Waals surface area contributed by atoms with E-state index >= 15 is 0 Å². The summed E-state index contributed by atoms with van der Waals surface area (Å²) in [4.78, 5) is 43.0. The number of benzene rings is 1. The predicted octanol–water partition coefficient (Wildman–Crippen LogP) is 3.81. The molecule has 5 rings (SSSR count). The number of carbonyl (C=O) groups is 3. The molecule has 200 valence electrons. The fourth-order valence-corrected chi connectivity index (χ4v) is 6.67. The van der Waals surface area contributed by atoms with Crippen LogP contribution in [0.5, 0.6) is 5.75 Å². The summed E-state index contributed by atoms with van der Waals surface area (Å²) >= 11 is 0. The van der Waals surface area contributed by atoms with Crippen molar-refractivity contribution >= 4 is 23.4 Å². The van der Waals surface area contributed by atoms with E-state index in [1.54, 1.807) is 36.3 Å². The van der Waals surface area contributed by atoms with Crippen molar-refractivity contribution in [3.8, 4) is 5.75 Å². The van der Waals surface area contributed by atoms with Crippen LogP contribution in [-0.4, -0.2) is 60.1 Å². The fourth-order valence-electron chi connectivity index (χ4n) is 6.67. The molecular formula is C29H39N3O5. The molecule has 37 heavy (non-hydrogen) atoms. The van der Waals surface area contributed by atoms with E-state index in [0.29, 0.717) is 18.0 Å². The second-order valence-electron chi connectivity index (χ2n) is 10.9. The van der Waals surface area contributed by atoms with E-state index in [2.05, 4.69) is 17.6 Å². The Kier molecular flexibility index (Phi) is 7.56. The molecule has 3 fully saturated rings. The van der Waals surface area contributed by atoms with Gasteiger partial charge in [0.25, 0.3) is 0 Å². The molecule has 3 heterocycles. The topological polar surface area (TPSA) is 97.0 Å². The average molecular weight is 510 g/mol.